The molecule has 0 fully saturated rings. The summed E-state index contributed by atoms with van der Waals surface area (Å²) in [6, 6.07) is 12.4. The number of rotatable bonds is 4. The predicted molar refractivity (Wildman–Crippen MR) is 77.5 cm³/mol. The molecule has 2 aromatic rings. The molecule has 0 atom stereocenters. The number of carbonyl (C=O) groups excluding carboxylic acids is 1. The van der Waals surface area contributed by atoms with Crippen molar-refractivity contribution in [3.63, 3.8) is 0 Å². The van der Waals surface area contributed by atoms with Crippen molar-refractivity contribution in [1.82, 2.24) is 4.98 Å². The Balaban J connectivity index is 2.43. The fraction of sp³-hybridized carbons (Fsp3) is 0.0714. The number of carbonyl (C=O) groups is 1. The zero-order chi connectivity index (χ0) is 14.4. The normalized spacial score (nSPS) is 11.2. The molecule has 1 heterocycles. The van der Waals surface area contributed by atoms with Gasteiger partial charge in [0.25, 0.3) is 0 Å². The molecule has 0 aliphatic heterocycles. The van der Waals surface area contributed by atoms with Crippen LogP contribution < -0.4 is 5.32 Å². The number of hydrogen-bond donors (Lipinski definition) is 2. The number of hydrogen-bond acceptors (Lipinski definition) is 4. The highest BCUT2D eigenvalue weighted by Crippen LogP contribution is 2.17. The molecule has 0 aliphatic carbocycles. The summed E-state index contributed by atoms with van der Waals surface area (Å²) in [6.07, 6.45) is 1.56. The molecule has 0 radical (unpaired) electrons. The monoisotopic (exact) mass is 289 g/mol. The first-order valence-corrected chi connectivity index (χ1v) is 6.38. The third kappa shape index (κ3) is 3.13. The van der Waals surface area contributed by atoms with Crippen molar-refractivity contribution in [3.05, 3.63) is 59.9 Å². The van der Waals surface area contributed by atoms with Crippen LogP contribution in [0, 0.1) is 0 Å². The van der Waals surface area contributed by atoms with E-state index in [-0.39, 0.29) is 17.5 Å². The van der Waals surface area contributed by atoms with E-state index in [0.717, 1.165) is 0 Å². The maximum absolute atomic E-state index is 11.4. The summed E-state index contributed by atoms with van der Waals surface area (Å²) in [7, 11) is 0. The number of nitrogens with one attached hydrogen (secondary N) is 1. The highest BCUT2D eigenvalue weighted by Gasteiger charge is 2.15. The number of benzene rings is 1. The lowest BCUT2D eigenvalue weighted by molar-refractivity contribution is -0.113. The van der Waals surface area contributed by atoms with Crippen molar-refractivity contribution in [2.24, 2.45) is 5.16 Å². The fourth-order valence-electron chi connectivity index (χ4n) is 1.72. The Kier molecular flexibility index (Phi) is 4.68. The zero-order valence-electron chi connectivity index (χ0n) is 10.5. The molecule has 1 amide bonds. The average Bonchev–Trinajstić information content (AvgIpc) is 2.50. The molecule has 5 nitrogen and oxygen atoms in total. The molecule has 0 unspecified atom stereocenters. The minimum atomic E-state index is -0.355. The standard InChI is InChI=1S/C14H12ClN3O2/c15-9-12(19)17-11-7-4-8-16-14(11)13(18-20)10-5-2-1-3-6-10/h1-8,20H,9H2,(H,17,19)/b18-13+. The smallest absolute Gasteiger partial charge is 0.239 e. The van der Waals surface area contributed by atoms with E-state index < -0.39 is 0 Å². The van der Waals surface area contributed by atoms with Gasteiger partial charge in [-0.15, -0.1) is 11.6 Å². The van der Waals surface area contributed by atoms with Crippen LogP contribution in [0.4, 0.5) is 5.69 Å². The van der Waals surface area contributed by atoms with Crippen molar-refractivity contribution in [1.29, 1.82) is 0 Å². The molecule has 2 rings (SSSR count). The molecular weight excluding hydrogens is 278 g/mol. The van der Waals surface area contributed by atoms with E-state index in [2.05, 4.69) is 15.5 Å². The van der Waals surface area contributed by atoms with Crippen LogP contribution in [0.1, 0.15) is 11.3 Å². The second-order valence-electron chi connectivity index (χ2n) is 3.90. The lowest BCUT2D eigenvalue weighted by atomic mass is 10.1. The Morgan fingerprint density at radius 3 is 2.65 bits per heavy atom. The molecule has 0 spiro atoms. The molecule has 20 heavy (non-hydrogen) atoms. The SMILES string of the molecule is O=C(CCl)Nc1cccnc1/C(=N/O)c1ccccc1. The Morgan fingerprint density at radius 1 is 1.25 bits per heavy atom. The Hall–Kier alpha value is -2.40. The van der Waals surface area contributed by atoms with Gasteiger partial charge in [0.1, 0.15) is 17.3 Å². The molecule has 1 aromatic carbocycles. The quantitative estimate of drug-likeness (QED) is 0.393. The third-order valence-corrected chi connectivity index (χ3v) is 2.82. The Morgan fingerprint density at radius 2 is 2.00 bits per heavy atom. The molecule has 0 saturated heterocycles. The molecule has 102 valence electrons. The first-order chi connectivity index (χ1) is 9.76. The zero-order valence-corrected chi connectivity index (χ0v) is 11.2. The summed E-state index contributed by atoms with van der Waals surface area (Å²) in [4.78, 5) is 15.6. The number of alkyl halides is 1. The van der Waals surface area contributed by atoms with E-state index in [1.165, 1.54) is 0 Å². The van der Waals surface area contributed by atoms with E-state index >= 15 is 0 Å². The molecule has 1 aromatic heterocycles. The number of aromatic nitrogens is 1. The van der Waals surface area contributed by atoms with Crippen LogP contribution in [-0.4, -0.2) is 27.7 Å². The summed E-state index contributed by atoms with van der Waals surface area (Å²) in [6.45, 7) is 0. The molecule has 0 bridgehead atoms. The number of nitrogens with zero attached hydrogens (tertiary/aromatic N) is 2. The van der Waals surface area contributed by atoms with Gasteiger partial charge in [0.05, 0.1) is 5.69 Å². The maximum atomic E-state index is 11.4. The molecule has 0 saturated carbocycles. The first kappa shape index (κ1) is 14.0. The number of amides is 1. The molecule has 6 heteroatoms. The van der Waals surface area contributed by atoms with Crippen molar-refractivity contribution >= 4 is 28.9 Å². The minimum Gasteiger partial charge on any atom is -0.410 e. The first-order valence-electron chi connectivity index (χ1n) is 5.85. The second kappa shape index (κ2) is 6.68. The highest BCUT2D eigenvalue weighted by atomic mass is 35.5. The van der Waals surface area contributed by atoms with Crippen molar-refractivity contribution in [3.8, 4) is 0 Å². The summed E-state index contributed by atoms with van der Waals surface area (Å²) in [5.41, 5.74) is 1.78. The maximum Gasteiger partial charge on any atom is 0.239 e. The Bertz CT molecular complexity index is 629. The van der Waals surface area contributed by atoms with Gasteiger partial charge < -0.3 is 10.5 Å². The van der Waals surface area contributed by atoms with Crippen LogP contribution >= 0.6 is 11.6 Å². The van der Waals surface area contributed by atoms with Crippen LogP contribution in [0.2, 0.25) is 0 Å². The number of halogens is 1. The van der Waals surface area contributed by atoms with E-state index in [9.17, 15) is 10.0 Å². The van der Waals surface area contributed by atoms with Crippen molar-refractivity contribution in [2.75, 3.05) is 11.2 Å². The molecule has 2 N–H and O–H groups in total. The predicted octanol–water partition coefficient (Wildman–Crippen LogP) is 2.49. The van der Waals surface area contributed by atoms with Crippen LogP contribution in [-0.2, 0) is 4.79 Å². The van der Waals surface area contributed by atoms with E-state index in [4.69, 9.17) is 11.6 Å². The number of oxime groups is 1. The minimum absolute atomic E-state index is 0.161. The van der Waals surface area contributed by atoms with E-state index in [0.29, 0.717) is 16.9 Å². The number of anilines is 1. The number of pyridine rings is 1. The molecular formula is C14H12ClN3O2. The second-order valence-corrected chi connectivity index (χ2v) is 4.16. The molecule has 0 aliphatic rings. The Labute approximate surface area is 120 Å². The van der Waals surface area contributed by atoms with Crippen LogP contribution in [0.3, 0.4) is 0 Å². The fourth-order valence-corrected chi connectivity index (χ4v) is 1.78. The third-order valence-electron chi connectivity index (χ3n) is 2.57. The summed E-state index contributed by atoms with van der Waals surface area (Å²) in [5.74, 6) is -0.517. The van der Waals surface area contributed by atoms with Gasteiger partial charge in [-0.25, -0.2) is 0 Å². The average molecular weight is 290 g/mol. The lowest BCUT2D eigenvalue weighted by Gasteiger charge is -2.10. The largest absolute Gasteiger partial charge is 0.410 e. The van der Waals surface area contributed by atoms with Gasteiger partial charge in [-0.05, 0) is 12.1 Å². The van der Waals surface area contributed by atoms with Gasteiger partial charge in [-0.3, -0.25) is 9.78 Å². The van der Waals surface area contributed by atoms with Crippen LogP contribution in [0.5, 0.6) is 0 Å². The van der Waals surface area contributed by atoms with Gasteiger partial charge in [0.15, 0.2) is 0 Å². The van der Waals surface area contributed by atoms with Gasteiger partial charge in [-0.2, -0.15) is 0 Å². The lowest BCUT2D eigenvalue weighted by Crippen LogP contribution is -2.17. The van der Waals surface area contributed by atoms with Crippen molar-refractivity contribution in [2.45, 2.75) is 0 Å². The topological polar surface area (TPSA) is 74.6 Å². The summed E-state index contributed by atoms with van der Waals surface area (Å²) in [5, 5.41) is 15.2. The van der Waals surface area contributed by atoms with Crippen molar-refractivity contribution < 1.29 is 10.0 Å². The van der Waals surface area contributed by atoms with Gasteiger partial charge in [-0.1, -0.05) is 35.5 Å². The van der Waals surface area contributed by atoms with E-state index in [1.54, 1.807) is 30.5 Å². The summed E-state index contributed by atoms with van der Waals surface area (Å²) >= 11 is 5.47. The van der Waals surface area contributed by atoms with E-state index in [1.807, 2.05) is 18.2 Å². The van der Waals surface area contributed by atoms with Crippen LogP contribution in [0.15, 0.2) is 53.8 Å². The van der Waals surface area contributed by atoms with Gasteiger partial charge >= 0.3 is 0 Å². The van der Waals surface area contributed by atoms with Gasteiger partial charge in [0.2, 0.25) is 5.91 Å². The van der Waals surface area contributed by atoms with Gasteiger partial charge in [0, 0.05) is 11.8 Å². The summed E-state index contributed by atoms with van der Waals surface area (Å²) < 4.78 is 0. The highest BCUT2D eigenvalue weighted by molar-refractivity contribution is 6.29. The van der Waals surface area contributed by atoms with Crippen LogP contribution in [0.25, 0.3) is 0 Å².